The maximum atomic E-state index is 11.3. The van der Waals surface area contributed by atoms with Crippen molar-refractivity contribution < 1.29 is 24.2 Å². The van der Waals surface area contributed by atoms with Gasteiger partial charge in [0.1, 0.15) is 6.04 Å². The monoisotopic (exact) mass is 233 g/mol. The lowest BCUT2D eigenvalue weighted by Gasteiger charge is -2.16. The number of amides is 2. The van der Waals surface area contributed by atoms with Crippen LogP contribution in [0.4, 0.5) is 0 Å². The molecule has 16 heavy (non-hydrogen) atoms. The maximum Gasteiger partial charge on any atom is 0.305 e. The summed E-state index contributed by atoms with van der Waals surface area (Å²) < 4.78 is 4.65. The summed E-state index contributed by atoms with van der Waals surface area (Å²) in [4.78, 5) is 32.4. The van der Waals surface area contributed by atoms with E-state index in [0.29, 0.717) is 0 Å². The zero-order chi connectivity index (χ0) is 12.7. The van der Waals surface area contributed by atoms with E-state index in [2.05, 4.69) is 10.1 Å². The van der Waals surface area contributed by atoms with Gasteiger partial charge in [-0.15, -0.1) is 0 Å². The highest BCUT2D eigenvalue weighted by Crippen LogP contribution is 1.91. The lowest BCUT2D eigenvalue weighted by molar-refractivity contribution is -0.139. The summed E-state index contributed by atoms with van der Waals surface area (Å²) in [6, 6.07) is -2.24. The molecule has 0 aliphatic rings. The summed E-state index contributed by atoms with van der Waals surface area (Å²) in [5.41, 5.74) is 10.3. The number of carboxylic acids is 1. The molecule has 6 N–H and O–H groups in total. The molecule has 2 amide bonds. The highest BCUT2D eigenvalue weighted by atomic mass is 16.5. The van der Waals surface area contributed by atoms with Gasteiger partial charge in [-0.2, -0.15) is 0 Å². The minimum Gasteiger partial charge on any atom is -0.481 e. The third-order valence-electron chi connectivity index (χ3n) is 1.72. The Balaban J connectivity index is 4.28. The van der Waals surface area contributed by atoms with Gasteiger partial charge in [0.2, 0.25) is 11.8 Å². The molecule has 0 aromatic carbocycles. The number of methoxy groups -OCH3 is 1. The molecule has 0 heterocycles. The topological polar surface area (TPSA) is 145 Å². The summed E-state index contributed by atoms with van der Waals surface area (Å²) >= 11 is 0. The smallest absolute Gasteiger partial charge is 0.305 e. The van der Waals surface area contributed by atoms with Gasteiger partial charge in [0, 0.05) is 7.11 Å². The van der Waals surface area contributed by atoms with Crippen molar-refractivity contribution in [3.63, 3.8) is 0 Å². The maximum absolute atomic E-state index is 11.3. The summed E-state index contributed by atoms with van der Waals surface area (Å²) in [7, 11) is 1.33. The van der Waals surface area contributed by atoms with Gasteiger partial charge in [0.05, 0.1) is 19.1 Å². The Morgan fingerprint density at radius 1 is 1.44 bits per heavy atom. The van der Waals surface area contributed by atoms with E-state index in [-0.39, 0.29) is 6.61 Å². The molecular formula is C8H15N3O5. The molecule has 8 heteroatoms. The Hall–Kier alpha value is -1.67. The van der Waals surface area contributed by atoms with E-state index < -0.39 is 36.3 Å². The zero-order valence-electron chi connectivity index (χ0n) is 8.80. The first-order chi connectivity index (χ1) is 7.38. The lowest BCUT2D eigenvalue weighted by Crippen LogP contribution is -2.52. The van der Waals surface area contributed by atoms with Crippen LogP contribution in [-0.4, -0.2) is 48.7 Å². The Labute approximate surface area is 91.9 Å². The standard InChI is InChI=1S/C8H15N3O5/c1-16-3-5(7(10)14)11-8(15)4(9)2-6(12)13/h4-5H,2-3,9H2,1H3,(H2,10,14)(H,11,15)(H,12,13)/t4?,5-/m0/s1. The molecule has 0 bridgehead atoms. The predicted molar refractivity (Wildman–Crippen MR) is 53.2 cm³/mol. The normalized spacial score (nSPS) is 13.9. The first-order valence-corrected chi connectivity index (χ1v) is 4.44. The van der Waals surface area contributed by atoms with Crippen LogP contribution >= 0.6 is 0 Å². The van der Waals surface area contributed by atoms with Crippen molar-refractivity contribution in [1.29, 1.82) is 0 Å². The molecular weight excluding hydrogens is 218 g/mol. The molecule has 0 aromatic rings. The molecule has 92 valence electrons. The van der Waals surface area contributed by atoms with Crippen molar-refractivity contribution in [2.24, 2.45) is 11.5 Å². The van der Waals surface area contributed by atoms with Gasteiger partial charge >= 0.3 is 5.97 Å². The number of rotatable bonds is 7. The number of nitrogens with one attached hydrogen (secondary N) is 1. The number of nitrogens with two attached hydrogens (primary N) is 2. The third-order valence-corrected chi connectivity index (χ3v) is 1.72. The summed E-state index contributed by atoms with van der Waals surface area (Å²) in [6.07, 6.45) is -0.524. The molecule has 0 saturated carbocycles. The molecule has 0 aromatic heterocycles. The van der Waals surface area contributed by atoms with Crippen LogP contribution in [0, 0.1) is 0 Å². The highest BCUT2D eigenvalue weighted by Gasteiger charge is 2.23. The summed E-state index contributed by atoms with van der Waals surface area (Å²) in [5.74, 6) is -2.74. The Bertz CT molecular complexity index is 281. The van der Waals surface area contributed by atoms with Crippen molar-refractivity contribution in [2.75, 3.05) is 13.7 Å². The molecule has 0 aliphatic carbocycles. The molecule has 0 rings (SSSR count). The molecule has 0 radical (unpaired) electrons. The highest BCUT2D eigenvalue weighted by molar-refractivity contribution is 5.90. The van der Waals surface area contributed by atoms with Crippen LogP contribution in [0.25, 0.3) is 0 Å². The van der Waals surface area contributed by atoms with Crippen LogP contribution in [0.5, 0.6) is 0 Å². The second kappa shape index (κ2) is 6.75. The minimum atomic E-state index is -1.23. The van der Waals surface area contributed by atoms with Gasteiger partial charge in [-0.1, -0.05) is 0 Å². The Kier molecular flexibility index (Phi) is 6.04. The number of hydrogen-bond acceptors (Lipinski definition) is 5. The van der Waals surface area contributed by atoms with E-state index in [1.165, 1.54) is 7.11 Å². The number of aliphatic carboxylic acids is 1. The van der Waals surface area contributed by atoms with Crippen LogP contribution in [0.1, 0.15) is 6.42 Å². The van der Waals surface area contributed by atoms with Gasteiger partial charge in [-0.25, -0.2) is 0 Å². The molecule has 1 unspecified atom stereocenters. The number of carboxylic acid groups (broad SMARTS) is 1. The first-order valence-electron chi connectivity index (χ1n) is 4.44. The number of ether oxygens (including phenoxy) is 1. The number of primary amides is 1. The van der Waals surface area contributed by atoms with E-state index in [0.717, 1.165) is 0 Å². The van der Waals surface area contributed by atoms with Crippen molar-refractivity contribution in [3.05, 3.63) is 0 Å². The minimum absolute atomic E-state index is 0.0964. The van der Waals surface area contributed by atoms with Crippen LogP contribution < -0.4 is 16.8 Å². The van der Waals surface area contributed by atoms with Crippen molar-refractivity contribution in [2.45, 2.75) is 18.5 Å². The van der Waals surface area contributed by atoms with E-state index in [1.54, 1.807) is 0 Å². The average Bonchev–Trinajstić information content (AvgIpc) is 2.15. The summed E-state index contributed by atoms with van der Waals surface area (Å²) in [6.45, 7) is -0.0964. The molecule has 0 aliphatic heterocycles. The molecule has 8 nitrogen and oxygen atoms in total. The Morgan fingerprint density at radius 3 is 2.38 bits per heavy atom. The SMILES string of the molecule is COC[C@H](NC(=O)C(N)CC(=O)O)C(N)=O. The van der Waals surface area contributed by atoms with Crippen LogP contribution in [0.3, 0.4) is 0 Å². The Morgan fingerprint density at radius 2 is 2.00 bits per heavy atom. The predicted octanol–water partition coefficient (Wildman–Crippen LogP) is -2.60. The van der Waals surface area contributed by atoms with Gasteiger partial charge in [0.25, 0.3) is 0 Å². The summed E-state index contributed by atoms with van der Waals surface area (Å²) in [5, 5.41) is 10.6. The van der Waals surface area contributed by atoms with Crippen LogP contribution in [0.15, 0.2) is 0 Å². The van der Waals surface area contributed by atoms with Crippen molar-refractivity contribution >= 4 is 17.8 Å². The molecule has 2 atom stereocenters. The van der Waals surface area contributed by atoms with Gasteiger partial charge < -0.3 is 26.6 Å². The first kappa shape index (κ1) is 14.3. The fourth-order valence-corrected chi connectivity index (χ4v) is 0.921. The quantitative estimate of drug-likeness (QED) is 0.379. The van der Waals surface area contributed by atoms with Crippen molar-refractivity contribution in [1.82, 2.24) is 5.32 Å². The zero-order valence-corrected chi connectivity index (χ0v) is 8.80. The molecule has 0 fully saturated rings. The fraction of sp³-hybridized carbons (Fsp3) is 0.625. The average molecular weight is 233 g/mol. The third kappa shape index (κ3) is 5.27. The molecule has 0 saturated heterocycles. The number of carbonyl (C=O) groups is 3. The lowest BCUT2D eigenvalue weighted by atomic mass is 10.2. The van der Waals surface area contributed by atoms with E-state index >= 15 is 0 Å². The molecule has 0 spiro atoms. The van der Waals surface area contributed by atoms with Crippen molar-refractivity contribution in [3.8, 4) is 0 Å². The second-order valence-corrected chi connectivity index (χ2v) is 3.12. The van der Waals surface area contributed by atoms with Crippen LogP contribution in [0.2, 0.25) is 0 Å². The van der Waals surface area contributed by atoms with E-state index in [9.17, 15) is 14.4 Å². The van der Waals surface area contributed by atoms with Gasteiger partial charge in [0.15, 0.2) is 0 Å². The number of hydrogen-bond donors (Lipinski definition) is 4. The van der Waals surface area contributed by atoms with Gasteiger partial charge in [-0.3, -0.25) is 14.4 Å². The van der Waals surface area contributed by atoms with E-state index in [1.807, 2.05) is 0 Å². The van der Waals surface area contributed by atoms with Gasteiger partial charge in [-0.05, 0) is 0 Å². The largest absolute Gasteiger partial charge is 0.481 e. The van der Waals surface area contributed by atoms with Crippen LogP contribution in [-0.2, 0) is 19.1 Å². The second-order valence-electron chi connectivity index (χ2n) is 3.12. The number of carbonyl (C=O) groups excluding carboxylic acids is 2. The fourth-order valence-electron chi connectivity index (χ4n) is 0.921. The van der Waals surface area contributed by atoms with E-state index in [4.69, 9.17) is 16.6 Å².